The fourth-order valence-corrected chi connectivity index (χ4v) is 3.14. The number of nitrogens with two attached hydrogens (primary N) is 1. The molecule has 0 radical (unpaired) electrons. The highest BCUT2D eigenvalue weighted by Gasteiger charge is 2.32. The minimum atomic E-state index is -0.666. The summed E-state index contributed by atoms with van der Waals surface area (Å²) in [5.41, 5.74) is 9.16. The summed E-state index contributed by atoms with van der Waals surface area (Å²) >= 11 is 0. The second kappa shape index (κ2) is 5.58. The summed E-state index contributed by atoms with van der Waals surface area (Å²) < 4.78 is 0. The van der Waals surface area contributed by atoms with Crippen molar-refractivity contribution in [3.63, 3.8) is 0 Å². The highest BCUT2D eigenvalue weighted by Crippen LogP contribution is 2.31. The summed E-state index contributed by atoms with van der Waals surface area (Å²) in [7, 11) is 0. The van der Waals surface area contributed by atoms with E-state index in [9.17, 15) is 9.90 Å². The van der Waals surface area contributed by atoms with Gasteiger partial charge in [-0.25, -0.2) is 9.97 Å². The number of benzene rings is 2. The molecule has 24 heavy (non-hydrogen) atoms. The second-order valence-corrected chi connectivity index (χ2v) is 5.87. The molecule has 3 aromatic rings. The number of anilines is 1. The molecule has 2 atom stereocenters. The van der Waals surface area contributed by atoms with Crippen LogP contribution in [0, 0.1) is 0 Å². The van der Waals surface area contributed by atoms with Crippen LogP contribution in [0.3, 0.4) is 0 Å². The number of carbonyl (C=O) groups is 1. The van der Waals surface area contributed by atoms with E-state index in [1.165, 1.54) is 0 Å². The Morgan fingerprint density at radius 2 is 1.75 bits per heavy atom. The minimum absolute atomic E-state index is 0.0743. The van der Waals surface area contributed by atoms with Crippen LogP contribution in [-0.2, 0) is 6.42 Å². The molecule has 1 amide bonds. The number of nitrogen functional groups attached to an aromatic ring is 1. The standard InChI is InChI=1S/C18H16N4O2/c19-17-16(20-12-7-3-4-8-13(12)21-17)18(24)22-15-11-6-2-1-5-10(11)9-14(15)23/h1-8,14-15,23H,9H2,(H2,19,21)(H,22,24). The van der Waals surface area contributed by atoms with Gasteiger partial charge in [-0.2, -0.15) is 0 Å². The zero-order chi connectivity index (χ0) is 16.7. The average Bonchev–Trinajstić information content (AvgIpc) is 2.90. The molecule has 0 aliphatic heterocycles. The highest BCUT2D eigenvalue weighted by atomic mass is 16.3. The van der Waals surface area contributed by atoms with E-state index in [2.05, 4.69) is 15.3 Å². The van der Waals surface area contributed by atoms with Crippen LogP contribution in [-0.4, -0.2) is 27.1 Å². The van der Waals surface area contributed by atoms with E-state index in [0.29, 0.717) is 17.5 Å². The number of carbonyl (C=O) groups excluding carboxylic acids is 1. The SMILES string of the molecule is Nc1nc2ccccc2nc1C(=O)NC1c2ccccc2CC1O. The van der Waals surface area contributed by atoms with Gasteiger partial charge in [0.25, 0.3) is 5.91 Å². The Morgan fingerprint density at radius 1 is 1.08 bits per heavy atom. The summed E-state index contributed by atoms with van der Waals surface area (Å²) in [5.74, 6) is -0.363. The first kappa shape index (κ1) is 14.6. The van der Waals surface area contributed by atoms with Gasteiger partial charge in [-0.15, -0.1) is 0 Å². The molecule has 0 bridgehead atoms. The summed E-state index contributed by atoms with van der Waals surface area (Å²) in [6, 6.07) is 14.4. The van der Waals surface area contributed by atoms with Gasteiger partial charge >= 0.3 is 0 Å². The number of hydrogen-bond donors (Lipinski definition) is 3. The van der Waals surface area contributed by atoms with Crippen molar-refractivity contribution in [2.24, 2.45) is 0 Å². The van der Waals surface area contributed by atoms with Gasteiger partial charge in [0.1, 0.15) is 0 Å². The average molecular weight is 320 g/mol. The van der Waals surface area contributed by atoms with Crippen molar-refractivity contribution in [1.82, 2.24) is 15.3 Å². The zero-order valence-corrected chi connectivity index (χ0v) is 12.8. The monoisotopic (exact) mass is 320 g/mol. The van der Waals surface area contributed by atoms with Crippen molar-refractivity contribution in [3.8, 4) is 0 Å². The first-order valence-electron chi connectivity index (χ1n) is 7.72. The third-order valence-corrected chi connectivity index (χ3v) is 4.30. The van der Waals surface area contributed by atoms with Gasteiger partial charge in [0.05, 0.1) is 23.2 Å². The molecule has 4 rings (SSSR count). The van der Waals surface area contributed by atoms with E-state index in [4.69, 9.17) is 5.73 Å². The third-order valence-electron chi connectivity index (χ3n) is 4.30. The number of amides is 1. The van der Waals surface area contributed by atoms with Crippen molar-refractivity contribution >= 4 is 22.8 Å². The zero-order valence-electron chi connectivity index (χ0n) is 12.8. The Kier molecular flexibility index (Phi) is 3.39. The first-order chi connectivity index (χ1) is 11.6. The molecule has 2 unspecified atom stereocenters. The predicted octanol–water partition coefficient (Wildman–Crippen LogP) is 1.60. The number of aliphatic hydroxyl groups is 1. The number of hydrogen-bond acceptors (Lipinski definition) is 5. The molecule has 0 fully saturated rings. The van der Waals surface area contributed by atoms with Gasteiger partial charge in [-0.3, -0.25) is 4.79 Å². The lowest BCUT2D eigenvalue weighted by atomic mass is 10.1. The summed E-state index contributed by atoms with van der Waals surface area (Å²) in [6.07, 6.45) is -0.152. The number of nitrogens with zero attached hydrogens (tertiary/aromatic N) is 2. The smallest absolute Gasteiger partial charge is 0.274 e. The first-order valence-corrected chi connectivity index (χ1v) is 7.72. The molecule has 120 valence electrons. The molecular formula is C18H16N4O2. The molecule has 1 aromatic heterocycles. The van der Waals surface area contributed by atoms with Crippen molar-refractivity contribution in [2.75, 3.05) is 5.73 Å². The van der Waals surface area contributed by atoms with E-state index < -0.39 is 18.1 Å². The van der Waals surface area contributed by atoms with Crippen LogP contribution in [0.1, 0.15) is 27.7 Å². The van der Waals surface area contributed by atoms with Gasteiger partial charge < -0.3 is 16.2 Å². The van der Waals surface area contributed by atoms with Crippen LogP contribution in [0.4, 0.5) is 5.82 Å². The van der Waals surface area contributed by atoms with Gasteiger partial charge in [0, 0.05) is 6.42 Å². The Balaban J connectivity index is 1.66. The largest absolute Gasteiger partial charge is 0.390 e. The van der Waals surface area contributed by atoms with Crippen molar-refractivity contribution in [1.29, 1.82) is 0 Å². The lowest BCUT2D eigenvalue weighted by Gasteiger charge is -2.18. The van der Waals surface area contributed by atoms with Crippen LogP contribution in [0.2, 0.25) is 0 Å². The number of fused-ring (bicyclic) bond motifs is 2. The maximum atomic E-state index is 12.6. The maximum Gasteiger partial charge on any atom is 0.274 e. The van der Waals surface area contributed by atoms with Crippen LogP contribution in [0.15, 0.2) is 48.5 Å². The molecule has 1 heterocycles. The van der Waals surface area contributed by atoms with Gasteiger partial charge in [0.2, 0.25) is 0 Å². The Morgan fingerprint density at radius 3 is 2.54 bits per heavy atom. The van der Waals surface area contributed by atoms with Gasteiger partial charge in [-0.1, -0.05) is 36.4 Å². The fraction of sp³-hybridized carbons (Fsp3) is 0.167. The molecule has 1 aliphatic carbocycles. The van der Waals surface area contributed by atoms with E-state index in [1.807, 2.05) is 36.4 Å². The van der Waals surface area contributed by atoms with Crippen molar-refractivity contribution < 1.29 is 9.90 Å². The molecule has 0 spiro atoms. The highest BCUT2D eigenvalue weighted by molar-refractivity contribution is 5.98. The fourth-order valence-electron chi connectivity index (χ4n) is 3.14. The molecule has 0 saturated heterocycles. The normalized spacial score (nSPS) is 19.2. The van der Waals surface area contributed by atoms with Crippen LogP contribution in [0.5, 0.6) is 0 Å². The number of para-hydroxylation sites is 2. The number of rotatable bonds is 2. The van der Waals surface area contributed by atoms with Crippen molar-refractivity contribution in [2.45, 2.75) is 18.6 Å². The Labute approximate surface area is 138 Å². The minimum Gasteiger partial charge on any atom is -0.390 e. The molecule has 6 nitrogen and oxygen atoms in total. The Hall–Kier alpha value is -2.99. The quantitative estimate of drug-likeness (QED) is 0.666. The molecule has 0 saturated carbocycles. The number of nitrogens with one attached hydrogen (secondary N) is 1. The second-order valence-electron chi connectivity index (χ2n) is 5.87. The third kappa shape index (κ3) is 2.37. The summed E-state index contributed by atoms with van der Waals surface area (Å²) in [6.45, 7) is 0. The lowest BCUT2D eigenvalue weighted by Crippen LogP contribution is -2.34. The van der Waals surface area contributed by atoms with E-state index >= 15 is 0 Å². The topological polar surface area (TPSA) is 101 Å². The molecular weight excluding hydrogens is 304 g/mol. The predicted molar refractivity (Wildman–Crippen MR) is 90.3 cm³/mol. The molecule has 4 N–H and O–H groups in total. The van der Waals surface area contributed by atoms with Crippen molar-refractivity contribution in [3.05, 3.63) is 65.4 Å². The number of aromatic nitrogens is 2. The number of aliphatic hydroxyl groups excluding tert-OH is 1. The molecule has 1 aliphatic rings. The van der Waals surface area contributed by atoms with Crippen LogP contribution in [0.25, 0.3) is 11.0 Å². The van der Waals surface area contributed by atoms with Gasteiger partial charge in [-0.05, 0) is 23.3 Å². The lowest BCUT2D eigenvalue weighted by molar-refractivity contribution is 0.0854. The molecule has 6 heteroatoms. The molecule has 2 aromatic carbocycles. The van der Waals surface area contributed by atoms with E-state index in [1.54, 1.807) is 12.1 Å². The van der Waals surface area contributed by atoms with E-state index in [-0.39, 0.29) is 11.5 Å². The maximum absolute atomic E-state index is 12.6. The van der Waals surface area contributed by atoms with Crippen LogP contribution < -0.4 is 11.1 Å². The van der Waals surface area contributed by atoms with E-state index in [0.717, 1.165) is 11.1 Å². The van der Waals surface area contributed by atoms with Crippen LogP contribution >= 0.6 is 0 Å². The summed E-state index contributed by atoms with van der Waals surface area (Å²) in [4.78, 5) is 21.2. The van der Waals surface area contributed by atoms with Gasteiger partial charge in [0.15, 0.2) is 11.5 Å². The Bertz CT molecular complexity index is 941. The summed E-state index contributed by atoms with van der Waals surface area (Å²) in [5, 5.41) is 13.1.